The molecule has 0 fully saturated rings. The third-order valence-corrected chi connectivity index (χ3v) is 4.19. The molecule has 1 N–H and O–H groups in total. The highest BCUT2D eigenvalue weighted by molar-refractivity contribution is 7.05. The summed E-state index contributed by atoms with van der Waals surface area (Å²) < 4.78 is 14.9. The van der Waals surface area contributed by atoms with E-state index in [1.165, 1.54) is 11.5 Å². The highest BCUT2D eigenvalue weighted by Gasteiger charge is 2.22. The van der Waals surface area contributed by atoms with Crippen LogP contribution in [0.2, 0.25) is 0 Å². The Morgan fingerprint density at radius 3 is 2.67 bits per heavy atom. The second-order valence-electron chi connectivity index (χ2n) is 4.72. The lowest BCUT2D eigenvalue weighted by molar-refractivity contribution is 0.394. The fourth-order valence-electron chi connectivity index (χ4n) is 2.20. The van der Waals surface area contributed by atoms with Gasteiger partial charge < -0.3 is 14.8 Å². The summed E-state index contributed by atoms with van der Waals surface area (Å²) in [4.78, 5) is 1.11. The van der Waals surface area contributed by atoms with Gasteiger partial charge in [0.1, 0.15) is 11.5 Å². The van der Waals surface area contributed by atoms with E-state index < -0.39 is 0 Å². The van der Waals surface area contributed by atoms with Crippen LogP contribution in [0.5, 0.6) is 11.5 Å². The summed E-state index contributed by atoms with van der Waals surface area (Å²) >= 11 is 1.42. The van der Waals surface area contributed by atoms with Gasteiger partial charge in [-0.2, -0.15) is 0 Å². The minimum Gasteiger partial charge on any atom is -0.497 e. The zero-order chi connectivity index (χ0) is 15.2. The monoisotopic (exact) mass is 307 g/mol. The quantitative estimate of drug-likeness (QED) is 0.852. The molecule has 21 heavy (non-hydrogen) atoms. The van der Waals surface area contributed by atoms with Gasteiger partial charge in [-0.3, -0.25) is 0 Å². The SMILES string of the molecule is CCCNC(c1cc(OC)ccc1OC)c1snnc1C. The van der Waals surface area contributed by atoms with Gasteiger partial charge in [-0.05, 0) is 49.6 Å². The lowest BCUT2D eigenvalue weighted by Gasteiger charge is -2.21. The van der Waals surface area contributed by atoms with Gasteiger partial charge in [-0.15, -0.1) is 5.10 Å². The van der Waals surface area contributed by atoms with Crippen molar-refractivity contribution in [2.45, 2.75) is 26.3 Å². The molecule has 0 amide bonds. The first-order chi connectivity index (χ1) is 10.2. The van der Waals surface area contributed by atoms with Gasteiger partial charge in [-0.25, -0.2) is 0 Å². The smallest absolute Gasteiger partial charge is 0.124 e. The third kappa shape index (κ3) is 3.51. The van der Waals surface area contributed by atoms with E-state index in [-0.39, 0.29) is 6.04 Å². The molecule has 1 atom stereocenters. The number of methoxy groups -OCH3 is 2. The zero-order valence-electron chi connectivity index (χ0n) is 12.8. The Labute approximate surface area is 129 Å². The summed E-state index contributed by atoms with van der Waals surface area (Å²) in [6, 6.07) is 5.84. The minimum atomic E-state index is 0.00926. The van der Waals surface area contributed by atoms with E-state index >= 15 is 0 Å². The van der Waals surface area contributed by atoms with E-state index in [2.05, 4.69) is 21.8 Å². The van der Waals surface area contributed by atoms with Crippen LogP contribution in [0.1, 0.15) is 35.5 Å². The maximum Gasteiger partial charge on any atom is 0.124 e. The van der Waals surface area contributed by atoms with Crippen molar-refractivity contribution in [1.29, 1.82) is 0 Å². The number of nitrogens with one attached hydrogen (secondary N) is 1. The van der Waals surface area contributed by atoms with Crippen LogP contribution in [0.15, 0.2) is 18.2 Å². The van der Waals surface area contributed by atoms with Gasteiger partial charge in [0.15, 0.2) is 0 Å². The van der Waals surface area contributed by atoms with Crippen LogP contribution in [0.3, 0.4) is 0 Å². The summed E-state index contributed by atoms with van der Waals surface area (Å²) in [6.07, 6.45) is 1.05. The molecule has 0 bridgehead atoms. The number of hydrogen-bond acceptors (Lipinski definition) is 6. The Hall–Kier alpha value is -1.66. The van der Waals surface area contributed by atoms with E-state index in [0.717, 1.165) is 40.6 Å². The fourth-order valence-corrected chi connectivity index (χ4v) is 2.94. The standard InChI is InChI=1S/C15H21N3O2S/c1-5-8-16-14(15-10(2)17-18-21-15)12-9-11(19-3)6-7-13(12)20-4/h6-7,9,14,16H,5,8H2,1-4H3. The number of benzene rings is 1. The normalized spacial score (nSPS) is 12.2. The number of hydrogen-bond donors (Lipinski definition) is 1. The summed E-state index contributed by atoms with van der Waals surface area (Å²) in [6.45, 7) is 5.03. The molecule has 0 radical (unpaired) electrons. The van der Waals surface area contributed by atoms with Crippen LogP contribution in [0.25, 0.3) is 0 Å². The molecule has 0 saturated heterocycles. The molecule has 0 saturated carbocycles. The van der Waals surface area contributed by atoms with Crippen LogP contribution in [0, 0.1) is 6.92 Å². The van der Waals surface area contributed by atoms with Gasteiger partial charge in [-0.1, -0.05) is 11.4 Å². The van der Waals surface area contributed by atoms with Gasteiger partial charge in [0.2, 0.25) is 0 Å². The average molecular weight is 307 g/mol. The molecular formula is C15H21N3O2S. The van der Waals surface area contributed by atoms with Crippen molar-refractivity contribution in [1.82, 2.24) is 14.9 Å². The number of nitrogens with zero attached hydrogens (tertiary/aromatic N) is 2. The summed E-state index contributed by atoms with van der Waals surface area (Å²) in [5.74, 6) is 1.64. The molecule has 2 aromatic rings. The summed E-state index contributed by atoms with van der Waals surface area (Å²) in [5, 5.41) is 7.68. The molecule has 1 unspecified atom stereocenters. The van der Waals surface area contributed by atoms with Crippen LogP contribution < -0.4 is 14.8 Å². The largest absolute Gasteiger partial charge is 0.497 e. The first-order valence-electron chi connectivity index (χ1n) is 6.95. The third-order valence-electron chi connectivity index (χ3n) is 3.30. The molecule has 0 spiro atoms. The maximum absolute atomic E-state index is 5.51. The molecule has 1 aromatic carbocycles. The second kappa shape index (κ2) is 7.38. The number of rotatable bonds is 7. The molecule has 0 aliphatic carbocycles. The molecule has 1 heterocycles. The van der Waals surface area contributed by atoms with Crippen molar-refractivity contribution in [3.63, 3.8) is 0 Å². The number of aromatic nitrogens is 2. The van der Waals surface area contributed by atoms with Crippen molar-refractivity contribution in [3.8, 4) is 11.5 Å². The first kappa shape index (κ1) is 15.7. The first-order valence-corrected chi connectivity index (χ1v) is 7.72. The van der Waals surface area contributed by atoms with Crippen molar-refractivity contribution in [2.75, 3.05) is 20.8 Å². The van der Waals surface area contributed by atoms with Gasteiger partial charge >= 0.3 is 0 Å². The van der Waals surface area contributed by atoms with E-state index in [9.17, 15) is 0 Å². The predicted octanol–water partition coefficient (Wildman–Crippen LogP) is 2.95. The molecule has 0 aliphatic rings. The highest BCUT2D eigenvalue weighted by Crippen LogP contribution is 2.35. The lowest BCUT2D eigenvalue weighted by atomic mass is 10.0. The van der Waals surface area contributed by atoms with Gasteiger partial charge in [0.05, 0.1) is 30.8 Å². The van der Waals surface area contributed by atoms with Crippen molar-refractivity contribution in [3.05, 3.63) is 34.3 Å². The van der Waals surface area contributed by atoms with E-state index in [0.29, 0.717) is 0 Å². The molecule has 1 aromatic heterocycles. The predicted molar refractivity (Wildman–Crippen MR) is 84.3 cm³/mol. The Bertz CT molecular complexity index is 586. The highest BCUT2D eigenvalue weighted by atomic mass is 32.1. The van der Waals surface area contributed by atoms with E-state index in [1.54, 1.807) is 14.2 Å². The van der Waals surface area contributed by atoms with Gasteiger partial charge in [0.25, 0.3) is 0 Å². The zero-order valence-corrected chi connectivity index (χ0v) is 13.7. The maximum atomic E-state index is 5.51. The van der Waals surface area contributed by atoms with Crippen LogP contribution in [0.4, 0.5) is 0 Å². The van der Waals surface area contributed by atoms with Crippen LogP contribution >= 0.6 is 11.5 Å². The molecule has 5 nitrogen and oxygen atoms in total. The number of aryl methyl sites for hydroxylation is 1. The second-order valence-corrected chi connectivity index (χ2v) is 5.50. The topological polar surface area (TPSA) is 56.3 Å². The summed E-state index contributed by atoms with van der Waals surface area (Å²) in [7, 11) is 3.35. The lowest BCUT2D eigenvalue weighted by Crippen LogP contribution is -2.23. The molecule has 114 valence electrons. The Morgan fingerprint density at radius 2 is 2.10 bits per heavy atom. The van der Waals surface area contributed by atoms with Crippen molar-refractivity contribution >= 4 is 11.5 Å². The molecule has 0 aliphatic heterocycles. The Morgan fingerprint density at radius 1 is 1.29 bits per heavy atom. The van der Waals surface area contributed by atoms with E-state index in [4.69, 9.17) is 9.47 Å². The number of ether oxygens (including phenoxy) is 2. The minimum absolute atomic E-state index is 0.00926. The van der Waals surface area contributed by atoms with Crippen molar-refractivity contribution in [2.24, 2.45) is 0 Å². The average Bonchev–Trinajstić information content (AvgIpc) is 2.93. The molecule has 6 heteroatoms. The Balaban J connectivity index is 2.47. The Kier molecular flexibility index (Phi) is 5.52. The van der Waals surface area contributed by atoms with E-state index in [1.807, 2.05) is 25.1 Å². The van der Waals surface area contributed by atoms with Crippen molar-refractivity contribution < 1.29 is 9.47 Å². The van der Waals surface area contributed by atoms with Gasteiger partial charge in [0, 0.05) is 5.56 Å². The molecule has 2 rings (SSSR count). The van der Waals surface area contributed by atoms with Crippen LogP contribution in [-0.4, -0.2) is 30.4 Å². The summed E-state index contributed by atoms with van der Waals surface area (Å²) in [5.41, 5.74) is 1.98. The fraction of sp³-hybridized carbons (Fsp3) is 0.467. The molecular weight excluding hydrogens is 286 g/mol. The van der Waals surface area contributed by atoms with Crippen LogP contribution in [-0.2, 0) is 0 Å².